The van der Waals surface area contributed by atoms with Crippen LogP contribution in [-0.4, -0.2) is 23.2 Å². The third-order valence-corrected chi connectivity index (χ3v) is 0.576. The second-order valence-corrected chi connectivity index (χ2v) is 2.08. The lowest BCUT2D eigenvalue weighted by Crippen LogP contribution is -2.10. The molecular formula is C5H12NO+. The Hall–Kier alpha value is -0.530. The zero-order chi connectivity index (χ0) is 5.86. The van der Waals surface area contributed by atoms with Crippen LogP contribution < -0.4 is 0 Å². The molecule has 0 aliphatic heterocycles. The molecule has 0 aliphatic carbocycles. The maximum absolute atomic E-state index is 8.44. The number of rotatable bonds is 2. The summed E-state index contributed by atoms with van der Waals surface area (Å²) in [7, 11) is 0. The normalized spacial score (nSPS) is 9.57. The molecule has 0 aliphatic rings. The van der Waals surface area contributed by atoms with E-state index >= 15 is 0 Å². The Labute approximate surface area is 44.1 Å². The average molecular weight is 102 g/mol. The van der Waals surface area contributed by atoms with E-state index in [0.29, 0.717) is 12.5 Å². The van der Waals surface area contributed by atoms with Gasteiger partial charge in [0, 0.05) is 5.92 Å². The highest BCUT2D eigenvalue weighted by atomic mass is 16.5. The summed E-state index contributed by atoms with van der Waals surface area (Å²) in [5.74, 6) is 0.488. The molecule has 0 saturated heterocycles. The van der Waals surface area contributed by atoms with Gasteiger partial charge in [-0.25, -0.2) is 0 Å². The Morgan fingerprint density at radius 1 is 1.71 bits per heavy atom. The Kier molecular flexibility index (Phi) is 2.41. The molecule has 2 nitrogen and oxygen atoms in total. The zero-order valence-corrected chi connectivity index (χ0v) is 4.89. The predicted molar refractivity (Wildman–Crippen MR) is 28.9 cm³/mol. The second-order valence-electron chi connectivity index (χ2n) is 2.08. The van der Waals surface area contributed by atoms with Gasteiger partial charge in [0.1, 0.15) is 0 Å². The van der Waals surface area contributed by atoms with E-state index in [9.17, 15) is 0 Å². The van der Waals surface area contributed by atoms with Gasteiger partial charge >= 0.3 is 0 Å². The van der Waals surface area contributed by atoms with Crippen molar-refractivity contribution in [1.29, 1.82) is 0 Å². The molecule has 42 valence electrons. The Morgan fingerprint density at radius 3 is 2.14 bits per heavy atom. The summed E-state index contributed by atoms with van der Waals surface area (Å²) in [6, 6.07) is 0. The highest BCUT2D eigenvalue weighted by molar-refractivity contribution is 5.13. The fourth-order valence-electron chi connectivity index (χ4n) is 0.421. The van der Waals surface area contributed by atoms with Crippen molar-refractivity contribution >= 4 is 6.72 Å². The fourth-order valence-corrected chi connectivity index (χ4v) is 0.421. The Bertz CT molecular complexity index is 68.5. The fraction of sp³-hybridized carbons (Fsp3) is 0.800. The second kappa shape index (κ2) is 2.61. The molecular weight excluding hydrogens is 90.1 g/mol. The third-order valence-electron chi connectivity index (χ3n) is 0.576. The topological polar surface area (TPSA) is 23.2 Å². The maximum atomic E-state index is 8.44. The van der Waals surface area contributed by atoms with Gasteiger partial charge in [-0.15, -0.1) is 0 Å². The lowest BCUT2D eigenvalue weighted by Gasteiger charge is -1.92. The first-order valence-corrected chi connectivity index (χ1v) is 2.40. The monoisotopic (exact) mass is 102 g/mol. The summed E-state index contributed by atoms with van der Waals surface area (Å²) in [4.78, 5) is 0. The summed E-state index contributed by atoms with van der Waals surface area (Å²) in [5, 5.41) is 8.44. The summed E-state index contributed by atoms with van der Waals surface area (Å²) < 4.78 is 0.949. The van der Waals surface area contributed by atoms with Crippen LogP contribution in [0.2, 0.25) is 0 Å². The van der Waals surface area contributed by atoms with Gasteiger partial charge in [-0.2, -0.15) is 0 Å². The Morgan fingerprint density at radius 2 is 2.14 bits per heavy atom. The van der Waals surface area contributed by atoms with E-state index in [1.165, 1.54) is 0 Å². The molecule has 0 atom stereocenters. The van der Waals surface area contributed by atoms with Crippen molar-refractivity contribution in [2.75, 3.05) is 6.54 Å². The molecule has 0 aromatic rings. The lowest BCUT2D eigenvalue weighted by molar-refractivity contribution is -0.771. The molecule has 0 spiro atoms. The van der Waals surface area contributed by atoms with E-state index in [1.54, 1.807) is 0 Å². The minimum atomic E-state index is 0.488. The molecule has 0 bridgehead atoms. The average Bonchev–Trinajstić information content (AvgIpc) is 1.27. The van der Waals surface area contributed by atoms with Crippen LogP contribution in [0.5, 0.6) is 0 Å². The molecule has 0 fully saturated rings. The molecule has 0 saturated carbocycles. The quantitative estimate of drug-likeness (QED) is 0.236. The predicted octanol–water partition coefficient (Wildman–Crippen LogP) is 0.745. The van der Waals surface area contributed by atoms with Crippen LogP contribution in [0.1, 0.15) is 13.8 Å². The van der Waals surface area contributed by atoms with E-state index in [2.05, 4.69) is 6.72 Å². The standard InChI is InChI=1S/C5H12NO/c1-5(2)4-6(3)7/h5,7H,3-4H2,1-2H3/q+1. The molecule has 0 unspecified atom stereocenters. The van der Waals surface area contributed by atoms with Gasteiger partial charge in [0.25, 0.3) is 0 Å². The van der Waals surface area contributed by atoms with E-state index in [4.69, 9.17) is 5.21 Å². The third kappa shape index (κ3) is 5.47. The first-order valence-electron chi connectivity index (χ1n) is 2.40. The minimum Gasteiger partial charge on any atom is -0.291 e. The SMILES string of the molecule is C=[N+](O)CC(C)C. The van der Waals surface area contributed by atoms with Gasteiger partial charge < -0.3 is 0 Å². The molecule has 0 aromatic carbocycles. The molecule has 0 amide bonds. The van der Waals surface area contributed by atoms with Gasteiger partial charge in [0.15, 0.2) is 13.3 Å². The smallest absolute Gasteiger partial charge is 0.194 e. The van der Waals surface area contributed by atoms with Gasteiger partial charge in [-0.3, -0.25) is 5.21 Å². The summed E-state index contributed by atoms with van der Waals surface area (Å²) >= 11 is 0. The lowest BCUT2D eigenvalue weighted by atomic mass is 10.2. The molecule has 0 aromatic heterocycles. The summed E-state index contributed by atoms with van der Waals surface area (Å²) in [5.41, 5.74) is 0. The van der Waals surface area contributed by atoms with E-state index in [1.807, 2.05) is 13.8 Å². The first-order chi connectivity index (χ1) is 3.13. The van der Waals surface area contributed by atoms with Gasteiger partial charge in [0.05, 0.1) is 0 Å². The number of nitrogens with zero attached hydrogens (tertiary/aromatic N) is 1. The number of hydroxylamine groups is 1. The van der Waals surface area contributed by atoms with Crippen LogP contribution in [0.15, 0.2) is 0 Å². The maximum Gasteiger partial charge on any atom is 0.194 e. The Balaban J connectivity index is 3.13. The number of hydrogen-bond acceptors (Lipinski definition) is 1. The van der Waals surface area contributed by atoms with Crippen LogP contribution >= 0.6 is 0 Å². The van der Waals surface area contributed by atoms with Crippen molar-refractivity contribution in [3.63, 3.8) is 0 Å². The van der Waals surface area contributed by atoms with Crippen molar-refractivity contribution in [3.8, 4) is 0 Å². The minimum absolute atomic E-state index is 0.488. The summed E-state index contributed by atoms with van der Waals surface area (Å²) in [6.45, 7) is 7.95. The van der Waals surface area contributed by atoms with Crippen molar-refractivity contribution in [2.45, 2.75) is 13.8 Å². The van der Waals surface area contributed by atoms with Gasteiger partial charge in [-0.1, -0.05) is 13.8 Å². The van der Waals surface area contributed by atoms with Crippen molar-refractivity contribution in [1.82, 2.24) is 0 Å². The van der Waals surface area contributed by atoms with E-state index < -0.39 is 0 Å². The molecule has 7 heavy (non-hydrogen) atoms. The van der Waals surface area contributed by atoms with Crippen LogP contribution in [0.4, 0.5) is 0 Å². The van der Waals surface area contributed by atoms with E-state index in [-0.39, 0.29) is 0 Å². The number of hydrogen-bond donors (Lipinski definition) is 1. The molecule has 0 radical (unpaired) electrons. The summed E-state index contributed by atoms with van der Waals surface area (Å²) in [6.07, 6.45) is 0. The molecule has 1 N–H and O–H groups in total. The van der Waals surface area contributed by atoms with Crippen LogP contribution in [-0.2, 0) is 0 Å². The molecule has 2 heteroatoms. The van der Waals surface area contributed by atoms with Crippen molar-refractivity contribution in [2.24, 2.45) is 5.92 Å². The van der Waals surface area contributed by atoms with Crippen LogP contribution in [0, 0.1) is 5.92 Å². The highest BCUT2D eigenvalue weighted by Gasteiger charge is 1.98. The molecule has 0 heterocycles. The van der Waals surface area contributed by atoms with Gasteiger partial charge in [-0.05, 0) is 4.74 Å². The zero-order valence-electron chi connectivity index (χ0n) is 4.89. The molecule has 0 rings (SSSR count). The van der Waals surface area contributed by atoms with E-state index in [0.717, 1.165) is 4.74 Å². The highest BCUT2D eigenvalue weighted by Crippen LogP contribution is 1.87. The van der Waals surface area contributed by atoms with Crippen LogP contribution in [0.3, 0.4) is 0 Å². The first kappa shape index (κ1) is 6.47. The van der Waals surface area contributed by atoms with Crippen LogP contribution in [0.25, 0.3) is 0 Å². The van der Waals surface area contributed by atoms with Gasteiger partial charge in [0.2, 0.25) is 0 Å². The largest absolute Gasteiger partial charge is 0.291 e. The van der Waals surface area contributed by atoms with Crippen molar-refractivity contribution in [3.05, 3.63) is 0 Å². The van der Waals surface area contributed by atoms with Crippen molar-refractivity contribution < 1.29 is 9.95 Å².